The summed E-state index contributed by atoms with van der Waals surface area (Å²) < 4.78 is 33.4. The van der Waals surface area contributed by atoms with E-state index >= 15 is 0 Å². The van der Waals surface area contributed by atoms with Gasteiger partial charge in [-0.05, 0) is 75.4 Å². The predicted molar refractivity (Wildman–Crippen MR) is 126 cm³/mol. The molecule has 9 heteroatoms. The van der Waals surface area contributed by atoms with E-state index in [0.717, 1.165) is 5.56 Å². The second kappa shape index (κ2) is 10.2. The van der Waals surface area contributed by atoms with Crippen molar-refractivity contribution in [2.24, 2.45) is 0 Å². The van der Waals surface area contributed by atoms with Crippen LogP contribution in [0.2, 0.25) is 0 Å². The lowest BCUT2D eigenvalue weighted by Gasteiger charge is -2.11. The lowest BCUT2D eigenvalue weighted by atomic mass is 10.2. The van der Waals surface area contributed by atoms with Crippen LogP contribution in [-0.4, -0.2) is 26.3 Å². The molecule has 0 spiro atoms. The Morgan fingerprint density at radius 3 is 2.03 bits per heavy atom. The maximum Gasteiger partial charge on any atom is 0.269 e. The fourth-order valence-corrected chi connectivity index (χ4v) is 3.96. The molecule has 0 saturated carbocycles. The van der Waals surface area contributed by atoms with Crippen molar-refractivity contribution in [3.63, 3.8) is 0 Å². The minimum atomic E-state index is -3.90. The Kier molecular flexibility index (Phi) is 7.34. The van der Waals surface area contributed by atoms with Crippen LogP contribution in [0.4, 0.5) is 5.69 Å². The van der Waals surface area contributed by atoms with Crippen LogP contribution in [0, 0.1) is 6.92 Å². The Morgan fingerprint density at radius 1 is 0.818 bits per heavy atom. The molecule has 0 aliphatic heterocycles. The van der Waals surface area contributed by atoms with Gasteiger partial charge in [-0.3, -0.25) is 25.2 Å². The average Bonchev–Trinajstić information content (AvgIpc) is 2.79. The molecule has 0 aliphatic rings. The standard InChI is InChI=1S/C24H25N3O5S/c1-16(2)32-21-13-9-18(10-14-21)23(28)25-26-24(29)19-5-4-6-22(15-19)33(30,31)27-20-11-7-17(3)8-12-20/h4-16,27H,1-3H3,(H,25,28)(H,26,29). The third-order valence-electron chi connectivity index (χ3n) is 4.49. The van der Waals surface area contributed by atoms with Crippen LogP contribution < -0.4 is 20.3 Å². The highest BCUT2D eigenvalue weighted by atomic mass is 32.2. The van der Waals surface area contributed by atoms with Crippen molar-refractivity contribution in [1.82, 2.24) is 10.9 Å². The zero-order valence-electron chi connectivity index (χ0n) is 18.5. The van der Waals surface area contributed by atoms with Gasteiger partial charge in [-0.15, -0.1) is 0 Å². The minimum Gasteiger partial charge on any atom is -0.491 e. The molecule has 0 aliphatic carbocycles. The Bertz CT molecular complexity index is 1240. The van der Waals surface area contributed by atoms with Gasteiger partial charge in [0.25, 0.3) is 21.8 Å². The van der Waals surface area contributed by atoms with Crippen molar-refractivity contribution in [1.29, 1.82) is 0 Å². The van der Waals surface area contributed by atoms with Crippen molar-refractivity contribution in [2.75, 3.05) is 4.72 Å². The van der Waals surface area contributed by atoms with Gasteiger partial charge >= 0.3 is 0 Å². The summed E-state index contributed by atoms with van der Waals surface area (Å²) in [6.45, 7) is 5.69. The number of nitrogens with one attached hydrogen (secondary N) is 3. The zero-order chi connectivity index (χ0) is 24.0. The number of aryl methyl sites for hydroxylation is 1. The van der Waals surface area contributed by atoms with Crippen molar-refractivity contribution in [2.45, 2.75) is 31.8 Å². The Labute approximate surface area is 193 Å². The molecule has 0 fully saturated rings. The lowest BCUT2D eigenvalue weighted by Crippen LogP contribution is -2.41. The Morgan fingerprint density at radius 2 is 1.42 bits per heavy atom. The molecule has 33 heavy (non-hydrogen) atoms. The van der Waals surface area contributed by atoms with Gasteiger partial charge in [-0.1, -0.05) is 23.8 Å². The fraction of sp³-hybridized carbons (Fsp3) is 0.167. The van der Waals surface area contributed by atoms with Gasteiger partial charge in [0.1, 0.15) is 5.75 Å². The van der Waals surface area contributed by atoms with Gasteiger partial charge in [0, 0.05) is 16.8 Å². The van der Waals surface area contributed by atoms with E-state index < -0.39 is 21.8 Å². The maximum absolute atomic E-state index is 12.7. The van der Waals surface area contributed by atoms with Gasteiger partial charge in [-0.2, -0.15) is 0 Å². The number of hydrazine groups is 1. The molecule has 2 amide bonds. The molecule has 0 heterocycles. The summed E-state index contributed by atoms with van der Waals surface area (Å²) in [4.78, 5) is 24.7. The van der Waals surface area contributed by atoms with E-state index in [9.17, 15) is 18.0 Å². The summed E-state index contributed by atoms with van der Waals surface area (Å²) in [6, 6.07) is 18.9. The van der Waals surface area contributed by atoms with Gasteiger partial charge < -0.3 is 4.74 Å². The van der Waals surface area contributed by atoms with Gasteiger partial charge in [-0.25, -0.2) is 8.42 Å². The normalized spacial score (nSPS) is 11.0. The summed E-state index contributed by atoms with van der Waals surface area (Å²) in [5.74, 6) is -0.553. The smallest absolute Gasteiger partial charge is 0.269 e. The number of anilines is 1. The first kappa shape index (κ1) is 23.8. The summed E-state index contributed by atoms with van der Waals surface area (Å²) >= 11 is 0. The molecule has 8 nitrogen and oxygen atoms in total. The molecule has 0 bridgehead atoms. The SMILES string of the molecule is Cc1ccc(NS(=O)(=O)c2cccc(C(=O)NNC(=O)c3ccc(OC(C)C)cc3)c2)cc1. The van der Waals surface area contributed by atoms with E-state index in [1.165, 1.54) is 24.3 Å². The van der Waals surface area contributed by atoms with Crippen LogP contribution in [0.25, 0.3) is 0 Å². The van der Waals surface area contributed by atoms with Crippen LogP contribution in [0.3, 0.4) is 0 Å². The number of carbonyl (C=O) groups is 2. The number of hydrogen-bond acceptors (Lipinski definition) is 5. The first-order valence-corrected chi connectivity index (χ1v) is 11.7. The molecule has 0 aromatic heterocycles. The molecule has 0 radical (unpaired) electrons. The Balaban J connectivity index is 1.64. The fourth-order valence-electron chi connectivity index (χ4n) is 2.86. The van der Waals surface area contributed by atoms with Crippen molar-refractivity contribution in [3.05, 3.63) is 89.5 Å². The van der Waals surface area contributed by atoms with Crippen LogP contribution in [0.15, 0.2) is 77.7 Å². The predicted octanol–water partition coefficient (Wildman–Crippen LogP) is 3.66. The van der Waals surface area contributed by atoms with Crippen LogP contribution in [0.5, 0.6) is 5.75 Å². The van der Waals surface area contributed by atoms with Gasteiger partial charge in [0.2, 0.25) is 0 Å². The molecule has 0 atom stereocenters. The number of amides is 2. The third-order valence-corrected chi connectivity index (χ3v) is 5.87. The van der Waals surface area contributed by atoms with Crippen molar-refractivity contribution in [3.8, 4) is 5.75 Å². The maximum atomic E-state index is 12.7. The molecular formula is C24H25N3O5S. The molecule has 0 saturated heterocycles. The quantitative estimate of drug-likeness (QED) is 0.459. The average molecular weight is 468 g/mol. The lowest BCUT2D eigenvalue weighted by molar-refractivity contribution is 0.0846. The molecular weight excluding hydrogens is 442 g/mol. The molecule has 3 aromatic carbocycles. The van der Waals surface area contributed by atoms with E-state index in [4.69, 9.17) is 4.74 Å². The molecule has 3 rings (SSSR count). The monoisotopic (exact) mass is 467 g/mol. The number of hydrogen-bond donors (Lipinski definition) is 3. The highest BCUT2D eigenvalue weighted by molar-refractivity contribution is 7.92. The van der Waals surface area contributed by atoms with Crippen LogP contribution in [-0.2, 0) is 10.0 Å². The van der Waals surface area contributed by atoms with Crippen molar-refractivity contribution >= 4 is 27.5 Å². The number of sulfonamides is 1. The summed E-state index contributed by atoms with van der Waals surface area (Å²) in [5.41, 5.74) is 6.41. The van der Waals surface area contributed by atoms with E-state index in [1.807, 2.05) is 20.8 Å². The molecule has 0 unspecified atom stereocenters. The van der Waals surface area contributed by atoms with E-state index in [0.29, 0.717) is 17.0 Å². The van der Waals surface area contributed by atoms with E-state index in [2.05, 4.69) is 15.6 Å². The highest BCUT2D eigenvalue weighted by Gasteiger charge is 2.17. The number of rotatable bonds is 7. The van der Waals surface area contributed by atoms with Gasteiger partial charge in [0.05, 0.1) is 11.0 Å². The second-order valence-corrected chi connectivity index (χ2v) is 9.28. The topological polar surface area (TPSA) is 114 Å². The minimum absolute atomic E-state index is 0.00984. The Hall–Kier alpha value is -3.85. The van der Waals surface area contributed by atoms with Gasteiger partial charge in [0.15, 0.2) is 0 Å². The van der Waals surface area contributed by atoms with Crippen LogP contribution in [0.1, 0.15) is 40.1 Å². The number of benzene rings is 3. The van der Waals surface area contributed by atoms with E-state index in [-0.39, 0.29) is 16.6 Å². The van der Waals surface area contributed by atoms with Crippen molar-refractivity contribution < 1.29 is 22.7 Å². The first-order valence-electron chi connectivity index (χ1n) is 10.2. The first-order chi connectivity index (χ1) is 15.6. The largest absolute Gasteiger partial charge is 0.491 e. The summed E-state index contributed by atoms with van der Waals surface area (Å²) in [6.07, 6.45) is 0.00984. The molecule has 172 valence electrons. The summed E-state index contributed by atoms with van der Waals surface area (Å²) in [7, 11) is -3.90. The highest BCUT2D eigenvalue weighted by Crippen LogP contribution is 2.18. The third kappa shape index (κ3) is 6.56. The second-order valence-electron chi connectivity index (χ2n) is 7.60. The number of carbonyl (C=O) groups excluding carboxylic acids is 2. The van der Waals surface area contributed by atoms with Crippen LogP contribution >= 0.6 is 0 Å². The number of ether oxygens (including phenoxy) is 1. The van der Waals surface area contributed by atoms with E-state index in [1.54, 1.807) is 48.5 Å². The molecule has 3 aromatic rings. The zero-order valence-corrected chi connectivity index (χ0v) is 19.3. The molecule has 3 N–H and O–H groups in total. The summed E-state index contributed by atoms with van der Waals surface area (Å²) in [5, 5.41) is 0.